The van der Waals surface area contributed by atoms with Crippen LogP contribution in [0.2, 0.25) is 5.02 Å². The van der Waals surface area contributed by atoms with E-state index in [0.29, 0.717) is 17.4 Å². The number of phenolic OH excluding ortho intramolecular Hbond substituents is 1. The molecule has 0 saturated carbocycles. The highest BCUT2D eigenvalue weighted by atomic mass is 35.5. The SMILES string of the molecule is COc1ccc(Cl)cc1COc1ccc(O)cc1. The van der Waals surface area contributed by atoms with Gasteiger partial charge >= 0.3 is 0 Å². The number of benzene rings is 2. The lowest BCUT2D eigenvalue weighted by molar-refractivity contribution is 0.296. The van der Waals surface area contributed by atoms with Gasteiger partial charge in [-0.3, -0.25) is 0 Å². The maximum atomic E-state index is 9.17. The van der Waals surface area contributed by atoms with E-state index in [2.05, 4.69) is 0 Å². The molecule has 0 amide bonds. The van der Waals surface area contributed by atoms with Gasteiger partial charge in [-0.25, -0.2) is 0 Å². The van der Waals surface area contributed by atoms with Crippen LogP contribution in [0.25, 0.3) is 0 Å². The topological polar surface area (TPSA) is 38.7 Å². The molecule has 1 N–H and O–H groups in total. The summed E-state index contributed by atoms with van der Waals surface area (Å²) >= 11 is 5.93. The van der Waals surface area contributed by atoms with Gasteiger partial charge in [-0.05, 0) is 42.5 Å². The van der Waals surface area contributed by atoms with Crippen LogP contribution in [0.3, 0.4) is 0 Å². The first-order valence-corrected chi connectivity index (χ1v) is 5.81. The van der Waals surface area contributed by atoms with Gasteiger partial charge in [0.05, 0.1) is 7.11 Å². The monoisotopic (exact) mass is 264 g/mol. The average Bonchev–Trinajstić information content (AvgIpc) is 2.38. The summed E-state index contributed by atoms with van der Waals surface area (Å²) in [5, 5.41) is 9.81. The Morgan fingerprint density at radius 3 is 2.50 bits per heavy atom. The molecule has 0 spiro atoms. The summed E-state index contributed by atoms with van der Waals surface area (Å²) < 4.78 is 10.8. The molecule has 4 heteroatoms. The van der Waals surface area contributed by atoms with Crippen LogP contribution in [-0.2, 0) is 6.61 Å². The molecular weight excluding hydrogens is 252 g/mol. The van der Waals surface area contributed by atoms with Crippen molar-refractivity contribution in [3.8, 4) is 17.2 Å². The molecule has 3 nitrogen and oxygen atoms in total. The van der Waals surface area contributed by atoms with Gasteiger partial charge in [-0.15, -0.1) is 0 Å². The zero-order valence-corrected chi connectivity index (χ0v) is 10.6. The number of halogens is 1. The van der Waals surface area contributed by atoms with E-state index in [1.807, 2.05) is 0 Å². The molecule has 2 aromatic rings. The molecule has 0 radical (unpaired) electrons. The fourth-order valence-electron chi connectivity index (χ4n) is 1.56. The van der Waals surface area contributed by atoms with Crippen molar-refractivity contribution >= 4 is 11.6 Å². The molecule has 0 heterocycles. The summed E-state index contributed by atoms with van der Waals surface area (Å²) in [7, 11) is 1.60. The van der Waals surface area contributed by atoms with E-state index in [1.54, 1.807) is 49.6 Å². The summed E-state index contributed by atoms with van der Waals surface area (Å²) in [5.41, 5.74) is 0.873. The highest BCUT2D eigenvalue weighted by Crippen LogP contribution is 2.24. The molecule has 94 valence electrons. The van der Waals surface area contributed by atoms with Gasteiger partial charge in [0.25, 0.3) is 0 Å². The van der Waals surface area contributed by atoms with Crippen LogP contribution < -0.4 is 9.47 Å². The average molecular weight is 265 g/mol. The van der Waals surface area contributed by atoms with Crippen molar-refractivity contribution in [1.82, 2.24) is 0 Å². The number of ether oxygens (including phenoxy) is 2. The van der Waals surface area contributed by atoms with Gasteiger partial charge < -0.3 is 14.6 Å². The Labute approximate surface area is 111 Å². The predicted octanol–water partition coefficient (Wildman–Crippen LogP) is 3.63. The summed E-state index contributed by atoms with van der Waals surface area (Å²) in [6.45, 7) is 0.356. The lowest BCUT2D eigenvalue weighted by Gasteiger charge is -2.10. The van der Waals surface area contributed by atoms with E-state index in [-0.39, 0.29) is 5.75 Å². The Bertz CT molecular complexity index is 523. The van der Waals surface area contributed by atoms with E-state index in [0.717, 1.165) is 11.3 Å². The number of hydrogen-bond acceptors (Lipinski definition) is 3. The van der Waals surface area contributed by atoms with Gasteiger partial charge in [-0.1, -0.05) is 11.6 Å². The third-order valence-electron chi connectivity index (χ3n) is 2.47. The first-order valence-electron chi connectivity index (χ1n) is 5.43. The molecule has 0 aliphatic carbocycles. The van der Waals surface area contributed by atoms with E-state index in [1.165, 1.54) is 0 Å². The normalized spacial score (nSPS) is 10.1. The molecule has 0 atom stereocenters. The van der Waals surface area contributed by atoms with Crippen molar-refractivity contribution < 1.29 is 14.6 Å². The third-order valence-corrected chi connectivity index (χ3v) is 2.71. The zero-order valence-electron chi connectivity index (χ0n) is 9.89. The second-order valence-electron chi connectivity index (χ2n) is 3.74. The minimum Gasteiger partial charge on any atom is -0.508 e. The van der Waals surface area contributed by atoms with Crippen molar-refractivity contribution in [2.24, 2.45) is 0 Å². The second kappa shape index (κ2) is 5.65. The molecule has 0 saturated heterocycles. The van der Waals surface area contributed by atoms with E-state index in [9.17, 15) is 0 Å². The smallest absolute Gasteiger partial charge is 0.125 e. The van der Waals surface area contributed by atoms with Gasteiger partial charge in [-0.2, -0.15) is 0 Å². The highest BCUT2D eigenvalue weighted by molar-refractivity contribution is 6.30. The van der Waals surface area contributed by atoms with Gasteiger partial charge in [0.2, 0.25) is 0 Å². The fourth-order valence-corrected chi connectivity index (χ4v) is 1.76. The highest BCUT2D eigenvalue weighted by Gasteiger charge is 2.05. The molecule has 0 aliphatic rings. The zero-order chi connectivity index (χ0) is 13.0. The summed E-state index contributed by atoms with van der Waals surface area (Å²) in [6.07, 6.45) is 0. The Kier molecular flexibility index (Phi) is 3.95. The van der Waals surface area contributed by atoms with Crippen molar-refractivity contribution in [3.05, 3.63) is 53.1 Å². The number of methoxy groups -OCH3 is 1. The van der Waals surface area contributed by atoms with Crippen LogP contribution in [0.1, 0.15) is 5.56 Å². The largest absolute Gasteiger partial charge is 0.508 e. The van der Waals surface area contributed by atoms with Crippen molar-refractivity contribution in [3.63, 3.8) is 0 Å². The number of phenols is 1. The third kappa shape index (κ3) is 3.08. The summed E-state index contributed by atoms with van der Waals surface area (Å²) in [5.74, 6) is 1.62. The molecule has 0 bridgehead atoms. The van der Waals surface area contributed by atoms with Crippen LogP contribution in [0, 0.1) is 0 Å². The Balaban J connectivity index is 2.09. The number of rotatable bonds is 4. The minimum absolute atomic E-state index is 0.211. The minimum atomic E-state index is 0.211. The molecule has 18 heavy (non-hydrogen) atoms. The molecule has 2 aromatic carbocycles. The lowest BCUT2D eigenvalue weighted by Crippen LogP contribution is -1.98. The van der Waals surface area contributed by atoms with Crippen LogP contribution in [0.5, 0.6) is 17.2 Å². The molecule has 0 unspecified atom stereocenters. The van der Waals surface area contributed by atoms with E-state index < -0.39 is 0 Å². The summed E-state index contributed by atoms with van der Waals surface area (Å²) in [6, 6.07) is 11.9. The fraction of sp³-hybridized carbons (Fsp3) is 0.143. The Morgan fingerprint density at radius 1 is 1.11 bits per heavy atom. The van der Waals surface area contributed by atoms with Crippen LogP contribution in [0.15, 0.2) is 42.5 Å². The van der Waals surface area contributed by atoms with Gasteiger partial charge in [0.15, 0.2) is 0 Å². The van der Waals surface area contributed by atoms with Gasteiger partial charge in [0, 0.05) is 10.6 Å². The molecular formula is C14H13ClO3. The van der Waals surface area contributed by atoms with Crippen LogP contribution >= 0.6 is 11.6 Å². The Hall–Kier alpha value is -1.87. The van der Waals surface area contributed by atoms with Crippen LogP contribution in [-0.4, -0.2) is 12.2 Å². The first kappa shape index (κ1) is 12.6. The quantitative estimate of drug-likeness (QED) is 0.916. The predicted molar refractivity (Wildman–Crippen MR) is 70.4 cm³/mol. The van der Waals surface area contributed by atoms with Crippen molar-refractivity contribution in [2.75, 3.05) is 7.11 Å². The molecule has 0 aliphatic heterocycles. The van der Waals surface area contributed by atoms with Crippen molar-refractivity contribution in [2.45, 2.75) is 6.61 Å². The number of aromatic hydroxyl groups is 1. The Morgan fingerprint density at radius 2 is 1.83 bits per heavy atom. The van der Waals surface area contributed by atoms with Crippen molar-refractivity contribution in [1.29, 1.82) is 0 Å². The van der Waals surface area contributed by atoms with Crippen LogP contribution in [0.4, 0.5) is 0 Å². The maximum absolute atomic E-state index is 9.17. The van der Waals surface area contributed by atoms with E-state index in [4.69, 9.17) is 26.2 Å². The molecule has 2 rings (SSSR count). The molecule has 0 fully saturated rings. The number of hydrogen-bond donors (Lipinski definition) is 1. The first-order chi connectivity index (χ1) is 8.69. The maximum Gasteiger partial charge on any atom is 0.125 e. The lowest BCUT2D eigenvalue weighted by atomic mass is 10.2. The standard InChI is InChI=1S/C14H13ClO3/c1-17-14-7-2-11(15)8-10(14)9-18-13-5-3-12(16)4-6-13/h2-8,16H,9H2,1H3. The van der Waals surface area contributed by atoms with E-state index >= 15 is 0 Å². The molecule has 0 aromatic heterocycles. The second-order valence-corrected chi connectivity index (χ2v) is 4.18. The van der Waals surface area contributed by atoms with Gasteiger partial charge in [0.1, 0.15) is 23.9 Å². The summed E-state index contributed by atoms with van der Waals surface area (Å²) in [4.78, 5) is 0.